The Kier molecular flexibility index (Phi) is 5.66. The van der Waals surface area contributed by atoms with Gasteiger partial charge in [-0.25, -0.2) is 0 Å². The molecule has 2 aliphatic heterocycles. The Morgan fingerprint density at radius 1 is 1.43 bits per heavy atom. The molecule has 2 heterocycles. The van der Waals surface area contributed by atoms with Gasteiger partial charge in [0.25, 0.3) is 5.91 Å². The number of carbonyl (C=O) groups is 2. The quantitative estimate of drug-likeness (QED) is 0.667. The Morgan fingerprint density at radius 2 is 2.29 bits per heavy atom. The highest BCUT2D eigenvalue weighted by atomic mass is 79.9. The van der Waals surface area contributed by atoms with Gasteiger partial charge in [-0.05, 0) is 53.9 Å². The van der Waals surface area contributed by atoms with E-state index in [0.717, 1.165) is 52.4 Å². The standard InChI is InChI=1S/C21H24BrN3O3/c1-28-10-4-9-25-19-16(22)11-17(24-20(26)13-5-3-8-23-12-13)14-6-2-7-15(18(14)19)21(25)27/h2,6-7,11,13,23H,3-5,8-10,12H2,1H3,(H,24,26). The zero-order chi connectivity index (χ0) is 19.7. The first-order chi connectivity index (χ1) is 13.6. The molecule has 7 heteroatoms. The van der Waals surface area contributed by atoms with Crippen molar-refractivity contribution in [3.63, 3.8) is 0 Å². The highest BCUT2D eigenvalue weighted by Gasteiger charge is 2.33. The Balaban J connectivity index is 1.70. The second kappa shape index (κ2) is 8.19. The average Bonchev–Trinajstić information content (AvgIpc) is 3.00. The summed E-state index contributed by atoms with van der Waals surface area (Å²) in [5, 5.41) is 8.18. The summed E-state index contributed by atoms with van der Waals surface area (Å²) in [6.45, 7) is 2.87. The van der Waals surface area contributed by atoms with Gasteiger partial charge in [0.15, 0.2) is 0 Å². The number of anilines is 2. The Morgan fingerprint density at radius 3 is 3.04 bits per heavy atom. The number of hydrogen-bond donors (Lipinski definition) is 2. The predicted molar refractivity (Wildman–Crippen MR) is 114 cm³/mol. The monoisotopic (exact) mass is 445 g/mol. The molecule has 0 spiro atoms. The summed E-state index contributed by atoms with van der Waals surface area (Å²) in [6.07, 6.45) is 2.67. The van der Waals surface area contributed by atoms with Gasteiger partial charge in [0.05, 0.1) is 11.6 Å². The fourth-order valence-electron chi connectivity index (χ4n) is 4.11. The van der Waals surface area contributed by atoms with Gasteiger partial charge in [-0.1, -0.05) is 12.1 Å². The summed E-state index contributed by atoms with van der Waals surface area (Å²) in [5.74, 6) is 0.00109. The molecule has 1 saturated heterocycles. The van der Waals surface area contributed by atoms with E-state index in [1.807, 2.05) is 24.3 Å². The summed E-state index contributed by atoms with van der Waals surface area (Å²) in [6, 6.07) is 7.62. The number of amides is 2. The lowest BCUT2D eigenvalue weighted by Gasteiger charge is -2.23. The van der Waals surface area contributed by atoms with Gasteiger partial charge in [-0.2, -0.15) is 0 Å². The molecule has 1 atom stereocenters. The first-order valence-corrected chi connectivity index (χ1v) is 10.5. The first kappa shape index (κ1) is 19.4. The van der Waals surface area contributed by atoms with E-state index in [4.69, 9.17) is 4.74 Å². The lowest BCUT2D eigenvalue weighted by atomic mass is 9.98. The smallest absolute Gasteiger partial charge is 0.259 e. The maximum absolute atomic E-state index is 13.0. The second-order valence-electron chi connectivity index (χ2n) is 7.32. The summed E-state index contributed by atoms with van der Waals surface area (Å²) >= 11 is 3.64. The van der Waals surface area contributed by atoms with Crippen LogP contribution >= 0.6 is 15.9 Å². The number of methoxy groups -OCH3 is 1. The summed E-state index contributed by atoms with van der Waals surface area (Å²) < 4.78 is 5.95. The fraction of sp³-hybridized carbons (Fsp3) is 0.429. The summed E-state index contributed by atoms with van der Waals surface area (Å²) in [7, 11) is 1.66. The molecule has 2 aliphatic rings. The molecule has 1 fully saturated rings. The van der Waals surface area contributed by atoms with Crippen LogP contribution in [0.4, 0.5) is 11.4 Å². The van der Waals surface area contributed by atoms with E-state index in [-0.39, 0.29) is 17.7 Å². The Labute approximate surface area is 172 Å². The van der Waals surface area contributed by atoms with Crippen LogP contribution in [-0.4, -0.2) is 45.2 Å². The third kappa shape index (κ3) is 3.43. The van der Waals surface area contributed by atoms with Crippen LogP contribution in [-0.2, 0) is 9.53 Å². The van der Waals surface area contributed by atoms with E-state index in [1.54, 1.807) is 12.0 Å². The topological polar surface area (TPSA) is 70.7 Å². The van der Waals surface area contributed by atoms with Crippen molar-refractivity contribution in [2.75, 3.05) is 43.6 Å². The van der Waals surface area contributed by atoms with E-state index in [2.05, 4.69) is 26.6 Å². The molecule has 4 rings (SSSR count). The van der Waals surface area contributed by atoms with Gasteiger partial charge < -0.3 is 20.3 Å². The number of carbonyl (C=O) groups excluding carboxylic acids is 2. The lowest BCUT2D eigenvalue weighted by Crippen LogP contribution is -2.37. The lowest BCUT2D eigenvalue weighted by molar-refractivity contribution is -0.120. The van der Waals surface area contributed by atoms with Crippen LogP contribution < -0.4 is 15.5 Å². The molecule has 1 unspecified atom stereocenters. The van der Waals surface area contributed by atoms with Crippen LogP contribution in [0.15, 0.2) is 28.7 Å². The molecule has 2 amide bonds. The van der Waals surface area contributed by atoms with Crippen molar-refractivity contribution in [1.29, 1.82) is 0 Å². The van der Waals surface area contributed by atoms with Gasteiger partial charge >= 0.3 is 0 Å². The minimum atomic E-state index is -0.0252. The van der Waals surface area contributed by atoms with Crippen molar-refractivity contribution in [2.45, 2.75) is 19.3 Å². The van der Waals surface area contributed by atoms with Gasteiger partial charge in [-0.3, -0.25) is 9.59 Å². The van der Waals surface area contributed by atoms with Crippen LogP contribution in [0.3, 0.4) is 0 Å². The number of halogens is 1. The van der Waals surface area contributed by atoms with Crippen LogP contribution in [0.25, 0.3) is 10.8 Å². The largest absolute Gasteiger partial charge is 0.385 e. The molecular formula is C21H24BrN3O3. The third-order valence-electron chi connectivity index (χ3n) is 5.49. The molecule has 0 radical (unpaired) electrons. The first-order valence-electron chi connectivity index (χ1n) is 9.69. The van der Waals surface area contributed by atoms with E-state index >= 15 is 0 Å². The fourth-order valence-corrected chi connectivity index (χ4v) is 4.75. The van der Waals surface area contributed by atoms with Gasteiger partial charge in [0, 0.05) is 53.3 Å². The number of piperidine rings is 1. The number of nitrogens with one attached hydrogen (secondary N) is 2. The van der Waals surface area contributed by atoms with Crippen molar-refractivity contribution in [2.24, 2.45) is 5.92 Å². The maximum Gasteiger partial charge on any atom is 0.259 e. The van der Waals surface area contributed by atoms with Crippen LogP contribution in [0, 0.1) is 5.92 Å². The third-order valence-corrected chi connectivity index (χ3v) is 6.09. The van der Waals surface area contributed by atoms with Crippen molar-refractivity contribution < 1.29 is 14.3 Å². The number of benzene rings is 2. The molecule has 28 heavy (non-hydrogen) atoms. The molecule has 148 valence electrons. The van der Waals surface area contributed by atoms with E-state index in [0.29, 0.717) is 25.3 Å². The SMILES string of the molecule is COCCCN1C(=O)c2cccc3c(NC(=O)C4CCCNC4)cc(Br)c1c23. The van der Waals surface area contributed by atoms with Crippen LogP contribution in [0.1, 0.15) is 29.6 Å². The summed E-state index contributed by atoms with van der Waals surface area (Å²) in [5.41, 5.74) is 2.31. The van der Waals surface area contributed by atoms with Crippen LogP contribution in [0.2, 0.25) is 0 Å². The molecule has 0 aliphatic carbocycles. The molecule has 2 aromatic carbocycles. The van der Waals surface area contributed by atoms with Gasteiger partial charge in [0.1, 0.15) is 0 Å². The highest BCUT2D eigenvalue weighted by molar-refractivity contribution is 9.10. The van der Waals surface area contributed by atoms with Crippen molar-refractivity contribution in [1.82, 2.24) is 5.32 Å². The van der Waals surface area contributed by atoms with Gasteiger partial charge in [-0.15, -0.1) is 0 Å². The number of ether oxygens (including phenoxy) is 1. The molecule has 2 aromatic rings. The summed E-state index contributed by atoms with van der Waals surface area (Å²) in [4.78, 5) is 27.5. The van der Waals surface area contributed by atoms with E-state index in [9.17, 15) is 9.59 Å². The molecule has 6 nitrogen and oxygen atoms in total. The van der Waals surface area contributed by atoms with E-state index in [1.165, 1.54) is 0 Å². The van der Waals surface area contributed by atoms with Crippen molar-refractivity contribution in [3.05, 3.63) is 34.3 Å². The Bertz CT molecular complexity index is 925. The van der Waals surface area contributed by atoms with Crippen LogP contribution in [0.5, 0.6) is 0 Å². The van der Waals surface area contributed by atoms with E-state index < -0.39 is 0 Å². The molecule has 0 bridgehead atoms. The zero-order valence-corrected chi connectivity index (χ0v) is 17.5. The number of hydrogen-bond acceptors (Lipinski definition) is 4. The minimum absolute atomic E-state index is 0.00244. The maximum atomic E-state index is 13.0. The van der Waals surface area contributed by atoms with Gasteiger partial charge in [0.2, 0.25) is 5.91 Å². The number of rotatable bonds is 6. The Hall–Kier alpha value is -1.96. The molecular weight excluding hydrogens is 422 g/mol. The zero-order valence-electron chi connectivity index (χ0n) is 15.9. The molecule has 2 N–H and O–H groups in total. The predicted octanol–water partition coefficient (Wildman–Crippen LogP) is 3.54. The number of nitrogens with zero attached hydrogens (tertiary/aromatic N) is 1. The molecule has 0 aromatic heterocycles. The second-order valence-corrected chi connectivity index (χ2v) is 8.17. The average molecular weight is 446 g/mol. The minimum Gasteiger partial charge on any atom is -0.385 e. The highest BCUT2D eigenvalue weighted by Crippen LogP contribution is 2.45. The molecule has 0 saturated carbocycles. The van der Waals surface area contributed by atoms with Crippen molar-refractivity contribution in [3.8, 4) is 0 Å². The normalized spacial score (nSPS) is 18.7. The van der Waals surface area contributed by atoms with Crippen molar-refractivity contribution >= 4 is 49.9 Å².